The normalized spacial score (nSPS) is 11.6. The van der Waals surface area contributed by atoms with Crippen LogP contribution < -0.4 is 0 Å². The van der Waals surface area contributed by atoms with Crippen molar-refractivity contribution in [2.24, 2.45) is 0 Å². The zero-order valence-electron chi connectivity index (χ0n) is 29.6. The summed E-state index contributed by atoms with van der Waals surface area (Å²) < 4.78 is 2.49. The Kier molecular flexibility index (Phi) is 8.10. The molecular formula is C51H39N. The van der Waals surface area contributed by atoms with Crippen molar-refractivity contribution >= 4 is 21.8 Å². The van der Waals surface area contributed by atoms with Gasteiger partial charge in [0.2, 0.25) is 0 Å². The lowest BCUT2D eigenvalue weighted by Gasteiger charge is -2.16. The molecule has 1 aliphatic rings. The summed E-state index contributed by atoms with van der Waals surface area (Å²) in [6, 6.07) is 68.9. The number of nitrogens with zero attached hydrogens (tertiary/aromatic N) is 1. The monoisotopic (exact) mass is 665 g/mol. The highest BCUT2D eigenvalue weighted by Gasteiger charge is 2.25. The fourth-order valence-electron chi connectivity index (χ4n) is 8.11. The molecular weight excluding hydrogens is 627 g/mol. The molecule has 1 heteroatoms. The maximum Gasteiger partial charge on any atom is 0.0619 e. The minimum atomic E-state index is 0.955. The van der Waals surface area contributed by atoms with Gasteiger partial charge in [-0.15, -0.1) is 0 Å². The number of para-hydroxylation sites is 2. The number of rotatable bonds is 5. The van der Waals surface area contributed by atoms with Crippen molar-refractivity contribution in [3.8, 4) is 61.3 Å². The zero-order chi connectivity index (χ0) is 35.0. The SMILES string of the molecule is CC.c1ccc(-c2cccc(-c3cccc(-n4c5ccccc5c5cccc(-c6cccc7c6-c6cc(-c8ccccc8)ccc6C7)c54)c3)c2)cc1. The van der Waals surface area contributed by atoms with E-state index in [2.05, 4.69) is 193 Å². The van der Waals surface area contributed by atoms with Crippen LogP contribution in [0.15, 0.2) is 188 Å². The quantitative estimate of drug-likeness (QED) is 0.172. The molecule has 0 radical (unpaired) electrons. The van der Waals surface area contributed by atoms with Crippen LogP contribution in [0.5, 0.6) is 0 Å². The molecule has 52 heavy (non-hydrogen) atoms. The standard InChI is InChI=1S/C49H33N.C2H6/c1-3-13-33(14-4-1)35-17-9-18-36(29-35)37-19-10-21-41(31-37)50-47-26-8-7-22-42(47)44-24-12-25-45(49(44)50)43-23-11-20-40-30-39-28-27-38(32-46(39)48(40)43)34-15-5-2-6-16-34;1-2/h1-29,31-32H,30H2;1-2H3. The highest BCUT2D eigenvalue weighted by atomic mass is 15.0. The van der Waals surface area contributed by atoms with Crippen molar-refractivity contribution in [3.05, 3.63) is 199 Å². The van der Waals surface area contributed by atoms with Crippen molar-refractivity contribution in [1.82, 2.24) is 4.57 Å². The van der Waals surface area contributed by atoms with Gasteiger partial charge < -0.3 is 4.57 Å². The van der Waals surface area contributed by atoms with Crippen LogP contribution >= 0.6 is 0 Å². The highest BCUT2D eigenvalue weighted by Crippen LogP contribution is 2.47. The van der Waals surface area contributed by atoms with Crippen LogP contribution in [0, 0.1) is 0 Å². The first-order chi connectivity index (χ1) is 25.8. The Hall–Kier alpha value is -6.44. The van der Waals surface area contributed by atoms with E-state index in [4.69, 9.17) is 0 Å². The third-order valence-electron chi connectivity index (χ3n) is 10.4. The molecule has 0 fully saturated rings. The lowest BCUT2D eigenvalue weighted by atomic mass is 9.91. The first kappa shape index (κ1) is 31.5. The van der Waals surface area contributed by atoms with Crippen LogP contribution in [0.3, 0.4) is 0 Å². The van der Waals surface area contributed by atoms with E-state index in [1.807, 2.05) is 13.8 Å². The van der Waals surface area contributed by atoms with Crippen molar-refractivity contribution in [3.63, 3.8) is 0 Å². The molecule has 9 aromatic rings. The molecule has 1 aromatic heterocycles. The summed E-state index contributed by atoms with van der Waals surface area (Å²) >= 11 is 0. The van der Waals surface area contributed by atoms with E-state index >= 15 is 0 Å². The number of fused-ring (bicyclic) bond motifs is 6. The van der Waals surface area contributed by atoms with Gasteiger partial charge in [-0.25, -0.2) is 0 Å². The summed E-state index contributed by atoms with van der Waals surface area (Å²) in [4.78, 5) is 0. The topological polar surface area (TPSA) is 4.93 Å². The average molecular weight is 666 g/mol. The van der Waals surface area contributed by atoms with Gasteiger partial charge in [0.15, 0.2) is 0 Å². The third-order valence-corrected chi connectivity index (χ3v) is 10.4. The molecule has 1 nitrogen and oxygen atoms in total. The van der Waals surface area contributed by atoms with Crippen LogP contribution in [0.25, 0.3) is 83.1 Å². The number of hydrogen-bond donors (Lipinski definition) is 0. The van der Waals surface area contributed by atoms with E-state index in [1.165, 1.54) is 88.6 Å². The fourth-order valence-corrected chi connectivity index (χ4v) is 8.11. The summed E-state index contributed by atoms with van der Waals surface area (Å²) in [5.74, 6) is 0. The van der Waals surface area contributed by atoms with Crippen LogP contribution in [-0.4, -0.2) is 4.57 Å². The molecule has 0 saturated carbocycles. The van der Waals surface area contributed by atoms with E-state index in [0.29, 0.717) is 0 Å². The second-order valence-corrected chi connectivity index (χ2v) is 13.3. The minimum absolute atomic E-state index is 0.955. The van der Waals surface area contributed by atoms with E-state index in [1.54, 1.807) is 0 Å². The van der Waals surface area contributed by atoms with E-state index in [-0.39, 0.29) is 0 Å². The van der Waals surface area contributed by atoms with Gasteiger partial charge in [0.05, 0.1) is 11.0 Å². The van der Waals surface area contributed by atoms with Gasteiger partial charge in [-0.1, -0.05) is 172 Å². The Morgan fingerprint density at radius 3 is 1.69 bits per heavy atom. The Balaban J connectivity index is 0.00000177. The lowest BCUT2D eigenvalue weighted by molar-refractivity contribution is 1.18. The summed E-state index contributed by atoms with van der Waals surface area (Å²) in [6.45, 7) is 4.00. The van der Waals surface area contributed by atoms with Gasteiger partial charge >= 0.3 is 0 Å². The number of aromatic nitrogens is 1. The van der Waals surface area contributed by atoms with Crippen molar-refractivity contribution in [2.75, 3.05) is 0 Å². The van der Waals surface area contributed by atoms with Crippen LogP contribution in [-0.2, 0) is 6.42 Å². The molecule has 10 rings (SSSR count). The molecule has 248 valence electrons. The molecule has 0 atom stereocenters. The highest BCUT2D eigenvalue weighted by molar-refractivity contribution is 6.15. The predicted octanol–water partition coefficient (Wildman–Crippen LogP) is 14.0. The van der Waals surface area contributed by atoms with Crippen molar-refractivity contribution in [1.29, 1.82) is 0 Å². The average Bonchev–Trinajstić information content (AvgIpc) is 3.78. The van der Waals surface area contributed by atoms with Gasteiger partial charge in [-0.2, -0.15) is 0 Å². The molecule has 0 unspecified atom stereocenters. The van der Waals surface area contributed by atoms with Crippen molar-refractivity contribution < 1.29 is 0 Å². The van der Waals surface area contributed by atoms with E-state index < -0.39 is 0 Å². The molecule has 0 saturated heterocycles. The lowest BCUT2D eigenvalue weighted by Crippen LogP contribution is -1.97. The molecule has 0 N–H and O–H groups in total. The van der Waals surface area contributed by atoms with Crippen LogP contribution in [0.4, 0.5) is 0 Å². The maximum absolute atomic E-state index is 2.49. The zero-order valence-corrected chi connectivity index (χ0v) is 29.6. The summed E-state index contributed by atoms with van der Waals surface area (Å²) in [5.41, 5.74) is 19.0. The van der Waals surface area contributed by atoms with Crippen molar-refractivity contribution in [2.45, 2.75) is 20.3 Å². The Morgan fingerprint density at radius 2 is 0.923 bits per heavy atom. The maximum atomic E-state index is 2.49. The second-order valence-electron chi connectivity index (χ2n) is 13.3. The summed E-state index contributed by atoms with van der Waals surface area (Å²) in [7, 11) is 0. The van der Waals surface area contributed by atoms with Crippen LogP contribution in [0.1, 0.15) is 25.0 Å². The Morgan fingerprint density at radius 1 is 0.365 bits per heavy atom. The van der Waals surface area contributed by atoms with E-state index in [0.717, 1.165) is 12.1 Å². The predicted molar refractivity (Wildman–Crippen MR) is 222 cm³/mol. The van der Waals surface area contributed by atoms with Gasteiger partial charge in [0, 0.05) is 22.0 Å². The fraction of sp³-hybridized carbons (Fsp3) is 0.0588. The third kappa shape index (κ3) is 5.34. The smallest absolute Gasteiger partial charge is 0.0619 e. The first-order valence-electron chi connectivity index (χ1n) is 18.4. The molecule has 8 aromatic carbocycles. The minimum Gasteiger partial charge on any atom is -0.309 e. The largest absolute Gasteiger partial charge is 0.309 e. The summed E-state index contributed by atoms with van der Waals surface area (Å²) in [5, 5.41) is 2.53. The molecule has 0 aliphatic heterocycles. The van der Waals surface area contributed by atoms with Gasteiger partial charge in [-0.05, 0) is 98.0 Å². The first-order valence-corrected chi connectivity index (χ1v) is 18.4. The number of benzene rings is 8. The molecule has 0 spiro atoms. The molecule has 1 heterocycles. The Labute approximate surface area is 306 Å². The summed E-state index contributed by atoms with van der Waals surface area (Å²) in [6.07, 6.45) is 0.955. The van der Waals surface area contributed by atoms with Gasteiger partial charge in [-0.3, -0.25) is 0 Å². The Bertz CT molecular complexity index is 2710. The second kappa shape index (κ2) is 13.4. The van der Waals surface area contributed by atoms with E-state index in [9.17, 15) is 0 Å². The van der Waals surface area contributed by atoms with Gasteiger partial charge in [0.1, 0.15) is 0 Å². The number of hydrogen-bond acceptors (Lipinski definition) is 0. The van der Waals surface area contributed by atoms with Crippen LogP contribution in [0.2, 0.25) is 0 Å². The molecule has 1 aliphatic carbocycles. The molecule has 0 bridgehead atoms. The van der Waals surface area contributed by atoms with Gasteiger partial charge in [0.25, 0.3) is 0 Å². The molecule has 0 amide bonds.